The fraction of sp³-hybridized carbons (Fsp3) is 0.182. The number of halogens is 1. The summed E-state index contributed by atoms with van der Waals surface area (Å²) >= 11 is 3.35. The highest BCUT2D eigenvalue weighted by Gasteiger charge is 2.21. The van der Waals surface area contributed by atoms with Crippen LogP contribution in [0, 0.1) is 0 Å². The van der Waals surface area contributed by atoms with E-state index in [2.05, 4.69) is 15.9 Å². The van der Waals surface area contributed by atoms with Gasteiger partial charge in [0.05, 0.1) is 12.7 Å². The maximum atomic E-state index is 10.8. The van der Waals surface area contributed by atoms with Crippen LogP contribution < -0.4 is 9.47 Å². The second-order valence-electron chi connectivity index (χ2n) is 3.26. The zero-order valence-electron chi connectivity index (χ0n) is 8.49. The summed E-state index contributed by atoms with van der Waals surface area (Å²) in [5.41, 5.74) is 0.921. The van der Waals surface area contributed by atoms with Crippen LogP contribution in [0.2, 0.25) is 0 Å². The third-order valence-corrected chi connectivity index (χ3v) is 2.98. The number of hydrogen-bond donors (Lipinski definition) is 1. The van der Waals surface area contributed by atoms with E-state index in [1.165, 1.54) is 0 Å². The molecule has 0 aliphatic carbocycles. The molecule has 1 heterocycles. The van der Waals surface area contributed by atoms with Crippen LogP contribution in [0.4, 0.5) is 0 Å². The topological polar surface area (TPSA) is 55.8 Å². The first-order chi connectivity index (χ1) is 7.63. The first-order valence-electron chi connectivity index (χ1n) is 4.56. The highest BCUT2D eigenvalue weighted by molar-refractivity contribution is 9.10. The third kappa shape index (κ3) is 1.78. The van der Waals surface area contributed by atoms with E-state index in [4.69, 9.17) is 14.6 Å². The summed E-state index contributed by atoms with van der Waals surface area (Å²) in [6.07, 6.45) is 1.59. The van der Waals surface area contributed by atoms with Gasteiger partial charge >= 0.3 is 5.97 Å². The Kier molecular flexibility index (Phi) is 2.87. The van der Waals surface area contributed by atoms with Crippen LogP contribution in [-0.4, -0.2) is 24.8 Å². The molecular formula is C11H9BrO4. The van der Waals surface area contributed by atoms with Gasteiger partial charge in [-0.25, -0.2) is 4.79 Å². The second kappa shape index (κ2) is 4.17. The van der Waals surface area contributed by atoms with Crippen molar-refractivity contribution in [1.82, 2.24) is 0 Å². The lowest BCUT2D eigenvalue weighted by molar-refractivity contribution is -0.132. The minimum atomic E-state index is -0.972. The van der Waals surface area contributed by atoms with E-state index in [-0.39, 0.29) is 12.2 Å². The fourth-order valence-electron chi connectivity index (χ4n) is 1.49. The van der Waals surface area contributed by atoms with E-state index in [1.54, 1.807) is 25.3 Å². The predicted octanol–water partition coefficient (Wildman–Crippen LogP) is 2.32. The van der Waals surface area contributed by atoms with Gasteiger partial charge < -0.3 is 14.6 Å². The van der Waals surface area contributed by atoms with Crippen LogP contribution in [-0.2, 0) is 4.79 Å². The van der Waals surface area contributed by atoms with Gasteiger partial charge in [0.25, 0.3) is 0 Å². The van der Waals surface area contributed by atoms with E-state index in [9.17, 15) is 4.79 Å². The normalized spacial score (nSPS) is 13.5. The lowest BCUT2D eigenvalue weighted by Crippen LogP contribution is -2.15. The Balaban J connectivity index is 2.57. The smallest absolute Gasteiger partial charge is 0.335 e. The van der Waals surface area contributed by atoms with Crippen LogP contribution in [0.1, 0.15) is 5.56 Å². The molecule has 0 aromatic heterocycles. The molecule has 16 heavy (non-hydrogen) atoms. The van der Waals surface area contributed by atoms with Gasteiger partial charge in [0.15, 0.2) is 11.5 Å². The minimum Gasteiger partial charge on any atom is -0.493 e. The van der Waals surface area contributed by atoms with Gasteiger partial charge in [-0.1, -0.05) is 15.9 Å². The standard InChI is InChI=1S/C11H9BrO4/c1-15-9-3-2-8(12)7-4-6(11(13)14)5-16-10(7)9/h2-4H,5H2,1H3,(H,13,14). The molecule has 0 fully saturated rings. The van der Waals surface area contributed by atoms with Crippen molar-refractivity contribution in [1.29, 1.82) is 0 Å². The van der Waals surface area contributed by atoms with Gasteiger partial charge in [-0.05, 0) is 18.2 Å². The number of aliphatic carboxylic acids is 1. The number of ether oxygens (including phenoxy) is 2. The molecule has 1 aromatic rings. The molecule has 1 aliphatic rings. The second-order valence-corrected chi connectivity index (χ2v) is 4.11. The largest absolute Gasteiger partial charge is 0.493 e. The van der Waals surface area contributed by atoms with E-state index in [0.29, 0.717) is 17.1 Å². The van der Waals surface area contributed by atoms with Crippen molar-refractivity contribution >= 4 is 28.0 Å². The van der Waals surface area contributed by atoms with Crippen molar-refractivity contribution in [2.75, 3.05) is 13.7 Å². The summed E-state index contributed by atoms with van der Waals surface area (Å²) in [6.45, 7) is 0.0507. The summed E-state index contributed by atoms with van der Waals surface area (Å²) in [6, 6.07) is 3.56. The van der Waals surface area contributed by atoms with Gasteiger partial charge in [-0.15, -0.1) is 0 Å². The monoisotopic (exact) mass is 284 g/mol. The molecule has 0 unspecified atom stereocenters. The summed E-state index contributed by atoms with van der Waals surface area (Å²) in [7, 11) is 1.54. The Bertz CT molecular complexity index is 479. The fourth-order valence-corrected chi connectivity index (χ4v) is 1.92. The number of fused-ring (bicyclic) bond motifs is 1. The minimum absolute atomic E-state index is 0.0507. The van der Waals surface area contributed by atoms with E-state index in [1.807, 2.05) is 0 Å². The average Bonchev–Trinajstić information content (AvgIpc) is 2.29. The number of rotatable bonds is 2. The molecule has 0 saturated carbocycles. The summed E-state index contributed by atoms with van der Waals surface area (Å²) in [5.74, 6) is 0.195. The van der Waals surface area contributed by atoms with Gasteiger partial charge in [-0.3, -0.25) is 0 Å². The summed E-state index contributed by atoms with van der Waals surface area (Å²) < 4.78 is 11.3. The molecule has 84 valence electrons. The van der Waals surface area contributed by atoms with Gasteiger partial charge in [0.1, 0.15) is 6.61 Å². The first kappa shape index (κ1) is 11.0. The van der Waals surface area contributed by atoms with Crippen molar-refractivity contribution in [2.24, 2.45) is 0 Å². The Morgan fingerprint density at radius 2 is 2.31 bits per heavy atom. The zero-order valence-corrected chi connectivity index (χ0v) is 10.1. The van der Waals surface area contributed by atoms with Crippen molar-refractivity contribution < 1.29 is 19.4 Å². The average molecular weight is 285 g/mol. The molecule has 0 atom stereocenters. The number of carboxylic acids is 1. The Hall–Kier alpha value is -1.49. The molecule has 0 spiro atoms. The quantitative estimate of drug-likeness (QED) is 0.906. The number of methoxy groups -OCH3 is 1. The van der Waals surface area contributed by atoms with Crippen LogP contribution in [0.3, 0.4) is 0 Å². The molecule has 1 aromatic carbocycles. The highest BCUT2D eigenvalue weighted by atomic mass is 79.9. The molecule has 0 bridgehead atoms. The molecule has 0 radical (unpaired) electrons. The number of benzene rings is 1. The molecule has 0 amide bonds. The van der Waals surface area contributed by atoms with Crippen LogP contribution >= 0.6 is 15.9 Å². The predicted molar refractivity (Wildman–Crippen MR) is 61.8 cm³/mol. The van der Waals surface area contributed by atoms with Gasteiger partial charge in [0.2, 0.25) is 0 Å². The number of carbonyl (C=O) groups is 1. The molecule has 5 heteroatoms. The van der Waals surface area contributed by atoms with Crippen molar-refractivity contribution in [2.45, 2.75) is 0 Å². The van der Waals surface area contributed by atoms with Crippen molar-refractivity contribution in [3.05, 3.63) is 27.7 Å². The maximum Gasteiger partial charge on any atom is 0.335 e. The molecule has 0 saturated heterocycles. The summed E-state index contributed by atoms with van der Waals surface area (Å²) in [4.78, 5) is 10.8. The third-order valence-electron chi connectivity index (χ3n) is 2.29. The highest BCUT2D eigenvalue weighted by Crippen LogP contribution is 2.39. The van der Waals surface area contributed by atoms with Crippen molar-refractivity contribution in [3.8, 4) is 11.5 Å². The number of carboxylic acid groups (broad SMARTS) is 1. The molecule has 2 rings (SSSR count). The van der Waals surface area contributed by atoms with Gasteiger partial charge in [0, 0.05) is 10.0 Å². The summed E-state index contributed by atoms with van der Waals surface area (Å²) in [5, 5.41) is 8.89. The van der Waals surface area contributed by atoms with Crippen molar-refractivity contribution in [3.63, 3.8) is 0 Å². The maximum absolute atomic E-state index is 10.8. The lowest BCUT2D eigenvalue weighted by atomic mass is 10.1. The van der Waals surface area contributed by atoms with E-state index < -0.39 is 5.97 Å². The van der Waals surface area contributed by atoms with Gasteiger partial charge in [-0.2, -0.15) is 0 Å². The number of hydrogen-bond acceptors (Lipinski definition) is 3. The molecular weight excluding hydrogens is 276 g/mol. The van der Waals surface area contributed by atoms with Crippen LogP contribution in [0.15, 0.2) is 22.2 Å². The Morgan fingerprint density at radius 1 is 1.56 bits per heavy atom. The Morgan fingerprint density at radius 3 is 2.94 bits per heavy atom. The van der Waals surface area contributed by atoms with Crippen LogP contribution in [0.25, 0.3) is 6.08 Å². The van der Waals surface area contributed by atoms with Crippen LogP contribution in [0.5, 0.6) is 11.5 Å². The van der Waals surface area contributed by atoms with E-state index >= 15 is 0 Å². The van der Waals surface area contributed by atoms with E-state index in [0.717, 1.165) is 4.47 Å². The SMILES string of the molecule is COc1ccc(Br)c2c1OCC(C(=O)O)=C2. The first-order valence-corrected chi connectivity index (χ1v) is 5.36. The molecule has 1 N–H and O–H groups in total. The lowest BCUT2D eigenvalue weighted by Gasteiger charge is -2.19. The molecule has 1 aliphatic heterocycles. The zero-order chi connectivity index (χ0) is 11.7. The Labute approximate surface area is 101 Å². The molecule has 4 nitrogen and oxygen atoms in total.